The Morgan fingerprint density at radius 2 is 1.86 bits per heavy atom. The van der Waals surface area contributed by atoms with E-state index >= 15 is 0 Å². The molecule has 0 atom stereocenters. The number of carbonyl (C=O) groups excluding carboxylic acids is 1. The lowest BCUT2D eigenvalue weighted by Crippen LogP contribution is -1.95. The molecule has 0 heterocycles. The molecule has 0 aliphatic heterocycles. The second-order valence-electron chi connectivity index (χ2n) is 4.29. The Labute approximate surface area is 128 Å². The fraction of sp³-hybridized carbons (Fsp3) is 0.118. The van der Waals surface area contributed by atoms with Crippen molar-refractivity contribution < 1.29 is 14.3 Å². The van der Waals surface area contributed by atoms with E-state index in [0.29, 0.717) is 22.1 Å². The lowest BCUT2D eigenvalue weighted by Gasteiger charge is -2.09. The molecule has 108 valence electrons. The van der Waals surface area contributed by atoms with Crippen molar-refractivity contribution in [1.82, 2.24) is 0 Å². The Morgan fingerprint density at radius 1 is 1.10 bits per heavy atom. The Bertz CT molecular complexity index is 677. The number of allylic oxidation sites excluding steroid dienone is 1. The first-order valence-corrected chi connectivity index (χ1v) is 6.72. The molecular formula is C17H15ClO3. The smallest absolute Gasteiger partial charge is 0.185 e. The van der Waals surface area contributed by atoms with Crippen molar-refractivity contribution in [2.45, 2.75) is 0 Å². The fourth-order valence-electron chi connectivity index (χ4n) is 1.95. The van der Waals surface area contributed by atoms with E-state index in [1.54, 1.807) is 50.6 Å². The molecular weight excluding hydrogens is 288 g/mol. The summed E-state index contributed by atoms with van der Waals surface area (Å²) in [5.74, 6) is 1.09. The maximum Gasteiger partial charge on any atom is 0.185 e. The van der Waals surface area contributed by atoms with Crippen LogP contribution in [0.4, 0.5) is 0 Å². The van der Waals surface area contributed by atoms with Crippen molar-refractivity contribution >= 4 is 23.5 Å². The van der Waals surface area contributed by atoms with Gasteiger partial charge in [0.15, 0.2) is 17.3 Å². The topological polar surface area (TPSA) is 35.5 Å². The van der Waals surface area contributed by atoms with Gasteiger partial charge in [0.05, 0.1) is 14.2 Å². The van der Waals surface area contributed by atoms with Crippen LogP contribution in [0, 0.1) is 0 Å². The lowest BCUT2D eigenvalue weighted by molar-refractivity contribution is 0.104. The number of halogens is 1. The molecule has 0 saturated carbocycles. The minimum atomic E-state index is -0.123. The highest BCUT2D eigenvalue weighted by atomic mass is 35.5. The van der Waals surface area contributed by atoms with Gasteiger partial charge in [0, 0.05) is 16.1 Å². The predicted molar refractivity (Wildman–Crippen MR) is 84.4 cm³/mol. The van der Waals surface area contributed by atoms with Crippen LogP contribution in [0.2, 0.25) is 5.02 Å². The summed E-state index contributed by atoms with van der Waals surface area (Å²) < 4.78 is 10.5. The molecule has 0 N–H and O–H groups in total. The first kappa shape index (κ1) is 15.1. The molecule has 0 fully saturated rings. The maximum absolute atomic E-state index is 12.1. The third-order valence-corrected chi connectivity index (χ3v) is 3.19. The second-order valence-corrected chi connectivity index (χ2v) is 4.73. The van der Waals surface area contributed by atoms with E-state index in [-0.39, 0.29) is 5.78 Å². The molecule has 0 saturated heterocycles. The summed E-state index contributed by atoms with van der Waals surface area (Å²) in [6, 6.07) is 12.3. The highest BCUT2D eigenvalue weighted by molar-refractivity contribution is 6.31. The van der Waals surface area contributed by atoms with Gasteiger partial charge in [-0.1, -0.05) is 35.9 Å². The summed E-state index contributed by atoms with van der Waals surface area (Å²) in [7, 11) is 3.14. The van der Waals surface area contributed by atoms with Crippen LogP contribution in [0.25, 0.3) is 6.08 Å². The van der Waals surface area contributed by atoms with Gasteiger partial charge in [0.2, 0.25) is 0 Å². The molecule has 2 aromatic carbocycles. The highest BCUT2D eigenvalue weighted by Crippen LogP contribution is 2.31. The molecule has 3 nitrogen and oxygen atoms in total. The number of rotatable bonds is 5. The minimum Gasteiger partial charge on any atom is -0.493 e. The van der Waals surface area contributed by atoms with E-state index in [9.17, 15) is 4.79 Å². The van der Waals surface area contributed by atoms with Gasteiger partial charge in [0.1, 0.15) is 0 Å². The Kier molecular flexibility index (Phi) is 5.01. The number of benzene rings is 2. The minimum absolute atomic E-state index is 0.123. The van der Waals surface area contributed by atoms with Crippen molar-refractivity contribution in [2.75, 3.05) is 14.2 Å². The predicted octanol–water partition coefficient (Wildman–Crippen LogP) is 4.25. The van der Waals surface area contributed by atoms with E-state index < -0.39 is 0 Å². The molecule has 2 aromatic rings. The van der Waals surface area contributed by atoms with Crippen LogP contribution in [0.15, 0.2) is 48.5 Å². The molecule has 0 bridgehead atoms. The van der Waals surface area contributed by atoms with Crippen LogP contribution < -0.4 is 9.47 Å². The molecule has 4 heteroatoms. The van der Waals surface area contributed by atoms with Crippen LogP contribution in [0.5, 0.6) is 11.5 Å². The number of hydrogen-bond acceptors (Lipinski definition) is 3. The fourth-order valence-corrected chi connectivity index (χ4v) is 2.14. The molecule has 0 spiro atoms. The first-order chi connectivity index (χ1) is 10.2. The van der Waals surface area contributed by atoms with E-state index in [1.807, 2.05) is 12.1 Å². The SMILES string of the molecule is COc1cccc(/C=C\C(=O)c2cccc(Cl)c2)c1OC. The van der Waals surface area contributed by atoms with Gasteiger partial charge in [-0.15, -0.1) is 0 Å². The number of ketones is 1. The number of hydrogen-bond donors (Lipinski definition) is 0. The van der Waals surface area contributed by atoms with Gasteiger partial charge >= 0.3 is 0 Å². The van der Waals surface area contributed by atoms with E-state index in [4.69, 9.17) is 21.1 Å². The normalized spacial score (nSPS) is 10.6. The number of para-hydroxylation sites is 1. The standard InChI is InChI=1S/C17H15ClO3/c1-20-16-8-4-5-12(17(16)21-2)9-10-15(19)13-6-3-7-14(18)11-13/h3-11H,1-2H3/b10-9-. The third-order valence-electron chi connectivity index (χ3n) is 2.96. The van der Waals surface area contributed by atoms with Gasteiger partial charge < -0.3 is 9.47 Å². The van der Waals surface area contributed by atoms with Gasteiger partial charge in [-0.3, -0.25) is 4.79 Å². The average molecular weight is 303 g/mol. The molecule has 0 unspecified atom stereocenters. The summed E-state index contributed by atoms with van der Waals surface area (Å²) >= 11 is 5.88. The molecule has 0 aliphatic carbocycles. The van der Waals surface area contributed by atoms with Crippen LogP contribution in [0.1, 0.15) is 15.9 Å². The van der Waals surface area contributed by atoms with Gasteiger partial charge in [-0.2, -0.15) is 0 Å². The zero-order valence-electron chi connectivity index (χ0n) is 11.8. The third kappa shape index (κ3) is 3.64. The Hall–Kier alpha value is -2.26. The summed E-state index contributed by atoms with van der Waals surface area (Å²) in [5, 5.41) is 0.535. The van der Waals surface area contributed by atoms with Crippen molar-refractivity contribution in [3.8, 4) is 11.5 Å². The molecule has 0 radical (unpaired) electrons. The number of ether oxygens (including phenoxy) is 2. The number of methoxy groups -OCH3 is 2. The van der Waals surface area contributed by atoms with Crippen LogP contribution in [-0.4, -0.2) is 20.0 Å². The van der Waals surface area contributed by atoms with Gasteiger partial charge in [-0.05, 0) is 30.4 Å². The summed E-state index contributed by atoms with van der Waals surface area (Å²) in [5.41, 5.74) is 1.31. The van der Waals surface area contributed by atoms with Crippen LogP contribution >= 0.6 is 11.6 Å². The van der Waals surface area contributed by atoms with Crippen molar-refractivity contribution in [3.63, 3.8) is 0 Å². The van der Waals surface area contributed by atoms with Crippen molar-refractivity contribution in [2.24, 2.45) is 0 Å². The van der Waals surface area contributed by atoms with E-state index in [1.165, 1.54) is 6.08 Å². The number of carbonyl (C=O) groups is 1. The van der Waals surface area contributed by atoms with Gasteiger partial charge in [-0.25, -0.2) is 0 Å². The highest BCUT2D eigenvalue weighted by Gasteiger charge is 2.08. The van der Waals surface area contributed by atoms with Crippen LogP contribution in [-0.2, 0) is 0 Å². The molecule has 0 aliphatic rings. The summed E-state index contributed by atoms with van der Waals surface area (Å²) in [6.45, 7) is 0. The lowest BCUT2D eigenvalue weighted by atomic mass is 10.1. The molecule has 2 rings (SSSR count). The Balaban J connectivity index is 2.27. The van der Waals surface area contributed by atoms with E-state index in [2.05, 4.69) is 0 Å². The maximum atomic E-state index is 12.1. The second kappa shape index (κ2) is 6.95. The molecule has 0 amide bonds. The Morgan fingerprint density at radius 3 is 2.52 bits per heavy atom. The largest absolute Gasteiger partial charge is 0.493 e. The monoisotopic (exact) mass is 302 g/mol. The average Bonchev–Trinajstić information content (AvgIpc) is 2.51. The molecule has 21 heavy (non-hydrogen) atoms. The van der Waals surface area contributed by atoms with Crippen LogP contribution in [0.3, 0.4) is 0 Å². The van der Waals surface area contributed by atoms with Crippen molar-refractivity contribution in [1.29, 1.82) is 0 Å². The quantitative estimate of drug-likeness (QED) is 0.612. The first-order valence-electron chi connectivity index (χ1n) is 6.34. The van der Waals surface area contributed by atoms with Crippen molar-refractivity contribution in [3.05, 3.63) is 64.7 Å². The zero-order chi connectivity index (χ0) is 15.2. The zero-order valence-corrected chi connectivity index (χ0v) is 12.6. The van der Waals surface area contributed by atoms with E-state index in [0.717, 1.165) is 5.56 Å². The molecule has 0 aromatic heterocycles. The van der Waals surface area contributed by atoms with Gasteiger partial charge in [0.25, 0.3) is 0 Å². The summed E-state index contributed by atoms with van der Waals surface area (Å²) in [4.78, 5) is 12.1. The summed E-state index contributed by atoms with van der Waals surface area (Å²) in [6.07, 6.45) is 3.19.